The number of hydrogen-bond donors (Lipinski definition) is 1. The molecule has 8 nitrogen and oxygen atoms in total. The summed E-state index contributed by atoms with van der Waals surface area (Å²) in [6, 6.07) is 30.1. The number of benzene rings is 4. The molecule has 1 atom stereocenters. The predicted octanol–water partition coefficient (Wildman–Crippen LogP) is 4.16. The molecule has 1 N–H and O–H groups in total. The lowest BCUT2D eigenvalue weighted by molar-refractivity contribution is -0.128. The third-order valence-corrected chi connectivity index (χ3v) is 8.96. The van der Waals surface area contributed by atoms with E-state index in [0.717, 1.165) is 11.1 Å². The molecule has 2 aliphatic heterocycles. The summed E-state index contributed by atoms with van der Waals surface area (Å²) in [7, 11) is -3.71. The van der Waals surface area contributed by atoms with Crippen LogP contribution in [0.25, 0.3) is 0 Å². The van der Waals surface area contributed by atoms with E-state index in [0.29, 0.717) is 42.2 Å². The van der Waals surface area contributed by atoms with E-state index in [-0.39, 0.29) is 23.3 Å². The van der Waals surface area contributed by atoms with E-state index in [1.165, 1.54) is 4.31 Å². The number of carbonyl (C=O) groups excluding carboxylic acids is 2. The number of fused-ring (bicyclic) bond motifs is 2. The van der Waals surface area contributed by atoms with Crippen LogP contribution < -0.4 is 19.3 Å². The van der Waals surface area contributed by atoms with Gasteiger partial charge in [0.1, 0.15) is 5.75 Å². The maximum atomic E-state index is 13.8. The number of amides is 2. The second-order valence-corrected chi connectivity index (χ2v) is 11.5. The van der Waals surface area contributed by atoms with Gasteiger partial charge in [0.05, 0.1) is 22.8 Å². The minimum atomic E-state index is -3.71. The number of para-hydroxylation sites is 2. The van der Waals surface area contributed by atoms with Gasteiger partial charge in [-0.3, -0.25) is 13.9 Å². The molecular weight excluding hydrogens is 526 g/mol. The largest absolute Gasteiger partial charge is 0.477 e. The Kier molecular flexibility index (Phi) is 6.73. The summed E-state index contributed by atoms with van der Waals surface area (Å²) in [4.78, 5) is 28.6. The molecule has 202 valence electrons. The number of hydrogen-bond acceptors (Lipinski definition) is 5. The van der Waals surface area contributed by atoms with E-state index in [4.69, 9.17) is 4.74 Å². The van der Waals surface area contributed by atoms with Crippen LogP contribution >= 0.6 is 0 Å². The van der Waals surface area contributed by atoms with E-state index >= 15 is 0 Å². The molecule has 40 heavy (non-hydrogen) atoms. The molecule has 0 spiro atoms. The molecule has 2 heterocycles. The van der Waals surface area contributed by atoms with E-state index in [2.05, 4.69) is 5.32 Å². The van der Waals surface area contributed by atoms with Gasteiger partial charge in [-0.25, -0.2) is 8.42 Å². The first-order chi connectivity index (χ1) is 19.4. The van der Waals surface area contributed by atoms with Gasteiger partial charge >= 0.3 is 0 Å². The lowest BCUT2D eigenvalue weighted by atomic mass is 10.1. The standard InChI is InChI=1S/C31H27N3O5S/c35-30(32-20-22-9-3-1-4-10-22)29-21-33(27-13-7-8-14-28(27)39-29)31(36)24-15-16-26-23(19-24)17-18-34(26)40(37,38)25-11-5-2-6-12-25/h1-16,19,29H,17-18,20-21H2,(H,32,35). The Labute approximate surface area is 232 Å². The molecule has 4 aromatic carbocycles. The Bertz CT molecular complexity index is 1680. The monoisotopic (exact) mass is 553 g/mol. The molecule has 0 bridgehead atoms. The van der Waals surface area contributed by atoms with Crippen LogP contribution in [0.1, 0.15) is 21.5 Å². The molecule has 0 radical (unpaired) electrons. The van der Waals surface area contributed by atoms with Gasteiger partial charge in [0.2, 0.25) is 0 Å². The summed E-state index contributed by atoms with van der Waals surface area (Å²) in [5.41, 5.74) is 3.30. The molecule has 0 saturated heterocycles. The Morgan fingerprint density at radius 2 is 1.55 bits per heavy atom. The highest BCUT2D eigenvalue weighted by Gasteiger charge is 2.36. The minimum absolute atomic E-state index is 0.0437. The Hall–Kier alpha value is -4.63. The number of nitrogens with one attached hydrogen (secondary N) is 1. The molecular formula is C31H27N3O5S. The van der Waals surface area contributed by atoms with E-state index in [1.54, 1.807) is 71.6 Å². The first kappa shape index (κ1) is 25.6. The first-order valence-corrected chi connectivity index (χ1v) is 14.5. The quantitative estimate of drug-likeness (QED) is 0.387. The highest BCUT2D eigenvalue weighted by molar-refractivity contribution is 7.92. The molecule has 0 aliphatic carbocycles. The summed E-state index contributed by atoms with van der Waals surface area (Å²) in [6.07, 6.45) is -0.393. The molecule has 0 saturated carbocycles. The van der Waals surface area contributed by atoms with Gasteiger partial charge in [0.15, 0.2) is 6.10 Å². The Morgan fingerprint density at radius 3 is 2.33 bits per heavy atom. The summed E-state index contributed by atoms with van der Waals surface area (Å²) < 4.78 is 33.9. The number of nitrogens with zero attached hydrogens (tertiary/aromatic N) is 2. The van der Waals surface area contributed by atoms with Crippen LogP contribution in [-0.2, 0) is 27.8 Å². The van der Waals surface area contributed by atoms with Crippen LogP contribution in [0.15, 0.2) is 108 Å². The number of ether oxygens (including phenoxy) is 1. The van der Waals surface area contributed by atoms with Crippen molar-refractivity contribution >= 4 is 33.2 Å². The molecule has 4 aromatic rings. The molecule has 2 aliphatic rings. The average molecular weight is 554 g/mol. The van der Waals surface area contributed by atoms with Crippen molar-refractivity contribution < 1.29 is 22.7 Å². The normalized spacial score (nSPS) is 16.1. The molecule has 6 rings (SSSR count). The Morgan fingerprint density at radius 1 is 0.850 bits per heavy atom. The van der Waals surface area contributed by atoms with Gasteiger partial charge in [-0.15, -0.1) is 0 Å². The van der Waals surface area contributed by atoms with Crippen molar-refractivity contribution in [3.05, 3.63) is 120 Å². The van der Waals surface area contributed by atoms with Crippen molar-refractivity contribution in [3.63, 3.8) is 0 Å². The molecule has 0 fully saturated rings. The van der Waals surface area contributed by atoms with E-state index in [9.17, 15) is 18.0 Å². The maximum absolute atomic E-state index is 13.8. The van der Waals surface area contributed by atoms with Crippen LogP contribution in [0.5, 0.6) is 5.75 Å². The van der Waals surface area contributed by atoms with Crippen LogP contribution in [0.2, 0.25) is 0 Å². The first-order valence-electron chi connectivity index (χ1n) is 13.0. The molecule has 2 amide bonds. The van der Waals surface area contributed by atoms with Crippen molar-refractivity contribution in [1.82, 2.24) is 5.32 Å². The summed E-state index contributed by atoms with van der Waals surface area (Å²) >= 11 is 0. The van der Waals surface area contributed by atoms with Crippen LogP contribution in [-0.4, -0.2) is 39.4 Å². The third kappa shape index (κ3) is 4.80. The average Bonchev–Trinajstić information content (AvgIpc) is 3.44. The van der Waals surface area contributed by atoms with Crippen LogP contribution in [0.4, 0.5) is 11.4 Å². The maximum Gasteiger partial charge on any atom is 0.264 e. The Balaban J connectivity index is 1.24. The van der Waals surface area contributed by atoms with Crippen LogP contribution in [0.3, 0.4) is 0 Å². The smallest absolute Gasteiger partial charge is 0.264 e. The fourth-order valence-electron chi connectivity index (χ4n) is 5.09. The molecule has 9 heteroatoms. The minimum Gasteiger partial charge on any atom is -0.477 e. The lowest BCUT2D eigenvalue weighted by Crippen LogP contribution is -2.50. The summed E-state index contributed by atoms with van der Waals surface area (Å²) in [5, 5.41) is 2.90. The summed E-state index contributed by atoms with van der Waals surface area (Å²) in [5.74, 6) is -0.154. The molecule has 0 aromatic heterocycles. The predicted molar refractivity (Wildman–Crippen MR) is 152 cm³/mol. The highest BCUT2D eigenvalue weighted by Crippen LogP contribution is 2.37. The zero-order valence-electron chi connectivity index (χ0n) is 21.6. The second kappa shape index (κ2) is 10.5. The van der Waals surface area contributed by atoms with Crippen molar-refractivity contribution in [2.45, 2.75) is 24.0 Å². The van der Waals surface area contributed by atoms with Gasteiger partial charge in [0.25, 0.3) is 21.8 Å². The van der Waals surface area contributed by atoms with Crippen molar-refractivity contribution in [1.29, 1.82) is 0 Å². The van der Waals surface area contributed by atoms with Gasteiger partial charge in [-0.05, 0) is 60.0 Å². The summed E-state index contributed by atoms with van der Waals surface area (Å²) in [6.45, 7) is 0.693. The second-order valence-electron chi connectivity index (χ2n) is 9.68. The fourth-order valence-corrected chi connectivity index (χ4v) is 6.62. The van der Waals surface area contributed by atoms with Crippen molar-refractivity contribution in [2.24, 2.45) is 0 Å². The topological polar surface area (TPSA) is 96.0 Å². The zero-order valence-corrected chi connectivity index (χ0v) is 22.4. The van der Waals surface area contributed by atoms with Crippen molar-refractivity contribution in [2.75, 3.05) is 22.3 Å². The van der Waals surface area contributed by atoms with Gasteiger partial charge in [-0.2, -0.15) is 0 Å². The van der Waals surface area contributed by atoms with Gasteiger partial charge < -0.3 is 15.0 Å². The van der Waals surface area contributed by atoms with E-state index < -0.39 is 16.1 Å². The number of sulfonamides is 1. The third-order valence-electron chi connectivity index (χ3n) is 7.13. The number of rotatable bonds is 6. The van der Waals surface area contributed by atoms with Crippen LogP contribution in [0, 0.1) is 0 Å². The zero-order chi connectivity index (χ0) is 27.7. The number of carbonyl (C=O) groups is 2. The van der Waals surface area contributed by atoms with Gasteiger partial charge in [0, 0.05) is 18.7 Å². The lowest BCUT2D eigenvalue weighted by Gasteiger charge is -2.34. The van der Waals surface area contributed by atoms with E-state index in [1.807, 2.05) is 36.4 Å². The molecule has 1 unspecified atom stereocenters. The SMILES string of the molecule is O=C(NCc1ccccc1)C1CN(C(=O)c2ccc3c(c2)CCN3S(=O)(=O)c2ccccc2)c2ccccc2O1. The van der Waals surface area contributed by atoms with Crippen molar-refractivity contribution in [3.8, 4) is 5.75 Å². The number of anilines is 2. The van der Waals surface area contributed by atoms with Gasteiger partial charge in [-0.1, -0.05) is 60.7 Å². The highest BCUT2D eigenvalue weighted by atomic mass is 32.2. The fraction of sp³-hybridized carbons (Fsp3) is 0.161.